The summed E-state index contributed by atoms with van der Waals surface area (Å²) in [7, 11) is 0. The molecule has 0 aliphatic carbocycles. The number of aryl methyl sites for hydroxylation is 2. The molecule has 3 aromatic carbocycles. The van der Waals surface area contributed by atoms with E-state index in [1.54, 1.807) is 12.1 Å². The van der Waals surface area contributed by atoms with Crippen molar-refractivity contribution in [1.82, 2.24) is 0 Å². The Labute approximate surface area is 195 Å². The summed E-state index contributed by atoms with van der Waals surface area (Å²) in [6.07, 6.45) is 3.70. The van der Waals surface area contributed by atoms with Gasteiger partial charge in [0.2, 0.25) is 5.91 Å². The Morgan fingerprint density at radius 3 is 1.85 bits per heavy atom. The van der Waals surface area contributed by atoms with E-state index in [4.69, 9.17) is 9.47 Å². The molecule has 0 spiro atoms. The van der Waals surface area contributed by atoms with Crippen LogP contribution in [0.4, 0.5) is 5.69 Å². The molecule has 0 unspecified atom stereocenters. The molecule has 0 heterocycles. The Morgan fingerprint density at radius 2 is 1.24 bits per heavy atom. The van der Waals surface area contributed by atoms with Gasteiger partial charge >= 0.3 is 5.97 Å². The van der Waals surface area contributed by atoms with Crippen LogP contribution in [0.25, 0.3) is 0 Å². The number of ether oxygens (including phenoxy) is 2. The summed E-state index contributed by atoms with van der Waals surface area (Å²) in [4.78, 5) is 24.0. The average Bonchev–Trinajstić information content (AvgIpc) is 2.85. The van der Waals surface area contributed by atoms with E-state index in [2.05, 4.69) is 29.6 Å². The van der Waals surface area contributed by atoms with Crippen molar-refractivity contribution in [2.45, 2.75) is 38.5 Å². The number of benzene rings is 3. The fourth-order valence-electron chi connectivity index (χ4n) is 3.36. The summed E-state index contributed by atoms with van der Waals surface area (Å²) in [6.45, 7) is 0.996. The third-order valence-corrected chi connectivity index (χ3v) is 5.13. The molecule has 0 saturated heterocycles. The maximum absolute atomic E-state index is 12.1. The molecule has 3 rings (SSSR count). The molecule has 0 aliphatic heterocycles. The first kappa shape index (κ1) is 24.1. The first-order valence-electron chi connectivity index (χ1n) is 11.5. The second-order valence-electron chi connectivity index (χ2n) is 7.82. The standard InChI is InChI=1S/C28H31NO4/c30-27(19-20-28(31)33-22-8-14-24-11-5-2-6-12-24)29-25-15-17-26(18-16-25)32-21-7-13-23-9-3-1-4-10-23/h1-6,9-12,15-18H,7-8,13-14,19-22H2,(H,29,30). The summed E-state index contributed by atoms with van der Waals surface area (Å²) in [6, 6.07) is 27.7. The SMILES string of the molecule is O=C(CCC(=O)OCCCc1ccccc1)Nc1ccc(OCCCc2ccccc2)cc1. The topological polar surface area (TPSA) is 64.6 Å². The lowest BCUT2D eigenvalue weighted by atomic mass is 10.1. The predicted octanol–water partition coefficient (Wildman–Crippen LogP) is 5.59. The molecule has 1 N–H and O–H groups in total. The van der Waals surface area contributed by atoms with Crippen LogP contribution in [0.3, 0.4) is 0 Å². The summed E-state index contributed by atoms with van der Waals surface area (Å²) in [5, 5.41) is 2.80. The monoisotopic (exact) mass is 445 g/mol. The molecule has 0 saturated carbocycles. The molecule has 0 fully saturated rings. The highest BCUT2D eigenvalue weighted by molar-refractivity contribution is 5.92. The number of hydrogen-bond acceptors (Lipinski definition) is 4. The molecule has 5 heteroatoms. The van der Waals surface area contributed by atoms with Crippen molar-refractivity contribution in [2.75, 3.05) is 18.5 Å². The summed E-state index contributed by atoms with van der Waals surface area (Å²) >= 11 is 0. The Hall–Kier alpha value is -3.60. The van der Waals surface area contributed by atoms with Crippen molar-refractivity contribution in [1.29, 1.82) is 0 Å². The van der Waals surface area contributed by atoms with Crippen molar-refractivity contribution in [3.8, 4) is 5.75 Å². The van der Waals surface area contributed by atoms with Gasteiger partial charge in [-0.2, -0.15) is 0 Å². The zero-order chi connectivity index (χ0) is 23.1. The molecule has 0 atom stereocenters. The summed E-state index contributed by atoms with van der Waals surface area (Å²) in [5.41, 5.74) is 3.19. The Kier molecular flexibility index (Phi) is 10.0. The molecule has 1 amide bonds. The Bertz CT molecular complexity index is 972. The fourth-order valence-corrected chi connectivity index (χ4v) is 3.36. The van der Waals surface area contributed by atoms with Crippen molar-refractivity contribution < 1.29 is 19.1 Å². The number of amides is 1. The highest BCUT2D eigenvalue weighted by Crippen LogP contribution is 2.16. The van der Waals surface area contributed by atoms with Gasteiger partial charge in [0, 0.05) is 12.1 Å². The van der Waals surface area contributed by atoms with Crippen LogP contribution < -0.4 is 10.1 Å². The van der Waals surface area contributed by atoms with Crippen LogP contribution in [-0.2, 0) is 27.2 Å². The zero-order valence-electron chi connectivity index (χ0n) is 18.9. The molecular formula is C28H31NO4. The minimum absolute atomic E-state index is 0.0692. The Balaban J connectivity index is 1.26. The van der Waals surface area contributed by atoms with Gasteiger partial charge in [-0.3, -0.25) is 9.59 Å². The van der Waals surface area contributed by atoms with Gasteiger partial charge in [-0.25, -0.2) is 0 Å². The Morgan fingerprint density at radius 1 is 0.667 bits per heavy atom. The zero-order valence-corrected chi connectivity index (χ0v) is 18.9. The number of anilines is 1. The van der Waals surface area contributed by atoms with Gasteiger partial charge in [0.05, 0.1) is 19.6 Å². The van der Waals surface area contributed by atoms with Crippen molar-refractivity contribution in [3.05, 3.63) is 96.1 Å². The first-order chi connectivity index (χ1) is 16.2. The molecule has 0 bridgehead atoms. The van der Waals surface area contributed by atoms with E-state index in [9.17, 15) is 9.59 Å². The van der Waals surface area contributed by atoms with E-state index in [0.29, 0.717) is 18.9 Å². The quantitative estimate of drug-likeness (QED) is 0.275. The largest absolute Gasteiger partial charge is 0.494 e. The fraction of sp³-hybridized carbons (Fsp3) is 0.286. The first-order valence-corrected chi connectivity index (χ1v) is 11.5. The van der Waals surface area contributed by atoms with Crippen molar-refractivity contribution in [2.24, 2.45) is 0 Å². The van der Waals surface area contributed by atoms with E-state index in [-0.39, 0.29) is 24.7 Å². The van der Waals surface area contributed by atoms with Gasteiger partial charge < -0.3 is 14.8 Å². The van der Waals surface area contributed by atoms with Crippen LogP contribution in [-0.4, -0.2) is 25.1 Å². The lowest BCUT2D eigenvalue weighted by molar-refractivity contribution is -0.144. The lowest BCUT2D eigenvalue weighted by Gasteiger charge is -2.09. The van der Waals surface area contributed by atoms with Gasteiger partial charge in [0.15, 0.2) is 0 Å². The van der Waals surface area contributed by atoms with E-state index in [0.717, 1.165) is 31.4 Å². The molecule has 0 radical (unpaired) electrons. The number of carbonyl (C=O) groups is 2. The molecule has 0 aliphatic rings. The molecule has 172 valence electrons. The summed E-state index contributed by atoms with van der Waals surface area (Å²) < 4.78 is 11.0. The van der Waals surface area contributed by atoms with Crippen LogP contribution >= 0.6 is 0 Å². The van der Waals surface area contributed by atoms with Gasteiger partial charge in [0.25, 0.3) is 0 Å². The van der Waals surface area contributed by atoms with E-state index in [1.807, 2.05) is 48.5 Å². The van der Waals surface area contributed by atoms with Crippen LogP contribution in [0, 0.1) is 0 Å². The maximum Gasteiger partial charge on any atom is 0.306 e. The number of nitrogens with one attached hydrogen (secondary N) is 1. The number of rotatable bonds is 13. The highest BCUT2D eigenvalue weighted by Gasteiger charge is 2.09. The minimum atomic E-state index is -0.350. The van der Waals surface area contributed by atoms with Crippen LogP contribution in [0.1, 0.15) is 36.8 Å². The summed E-state index contributed by atoms with van der Waals surface area (Å²) in [5.74, 6) is 0.199. The number of hydrogen-bond donors (Lipinski definition) is 1. The average molecular weight is 446 g/mol. The van der Waals surface area contributed by atoms with Gasteiger partial charge in [-0.1, -0.05) is 60.7 Å². The van der Waals surface area contributed by atoms with E-state index in [1.165, 1.54) is 11.1 Å². The molecule has 5 nitrogen and oxygen atoms in total. The normalized spacial score (nSPS) is 10.4. The van der Waals surface area contributed by atoms with Crippen LogP contribution in [0.15, 0.2) is 84.9 Å². The highest BCUT2D eigenvalue weighted by atomic mass is 16.5. The van der Waals surface area contributed by atoms with Crippen molar-refractivity contribution in [3.63, 3.8) is 0 Å². The van der Waals surface area contributed by atoms with E-state index < -0.39 is 0 Å². The van der Waals surface area contributed by atoms with Crippen LogP contribution in [0.2, 0.25) is 0 Å². The van der Waals surface area contributed by atoms with Gasteiger partial charge in [0.1, 0.15) is 5.75 Å². The predicted molar refractivity (Wildman–Crippen MR) is 130 cm³/mol. The molecule has 3 aromatic rings. The molecular weight excluding hydrogens is 414 g/mol. The lowest BCUT2D eigenvalue weighted by Crippen LogP contribution is -2.15. The number of carbonyl (C=O) groups excluding carboxylic acids is 2. The maximum atomic E-state index is 12.1. The van der Waals surface area contributed by atoms with Gasteiger partial charge in [-0.15, -0.1) is 0 Å². The smallest absolute Gasteiger partial charge is 0.306 e. The van der Waals surface area contributed by atoms with Gasteiger partial charge in [-0.05, 0) is 61.1 Å². The van der Waals surface area contributed by atoms with E-state index >= 15 is 0 Å². The second-order valence-corrected chi connectivity index (χ2v) is 7.82. The van der Waals surface area contributed by atoms with Crippen LogP contribution in [0.5, 0.6) is 5.75 Å². The third kappa shape index (κ3) is 9.60. The van der Waals surface area contributed by atoms with Crippen molar-refractivity contribution >= 4 is 17.6 Å². The molecule has 33 heavy (non-hydrogen) atoms. The second kappa shape index (κ2) is 13.7. The minimum Gasteiger partial charge on any atom is -0.494 e. The molecule has 0 aromatic heterocycles. The number of esters is 1. The third-order valence-electron chi connectivity index (χ3n) is 5.13.